The number of ether oxygens (including phenoxy) is 1. The van der Waals surface area contributed by atoms with Crippen LogP contribution in [0.15, 0.2) is 65.4 Å². The summed E-state index contributed by atoms with van der Waals surface area (Å²) in [7, 11) is 0. The van der Waals surface area contributed by atoms with Crippen LogP contribution in [0.5, 0.6) is 5.75 Å². The SMILES string of the molecule is Fc1c(-c2cccnc2)ccc(C2CCC2)c1OCc1ccc(Br)cc1. The molecule has 4 heteroatoms. The van der Waals surface area contributed by atoms with Gasteiger partial charge in [0, 0.05) is 33.6 Å². The van der Waals surface area contributed by atoms with Gasteiger partial charge in [0.1, 0.15) is 6.61 Å². The van der Waals surface area contributed by atoms with Crippen LogP contribution >= 0.6 is 15.9 Å². The molecule has 1 aliphatic carbocycles. The maximum atomic E-state index is 15.3. The van der Waals surface area contributed by atoms with E-state index in [4.69, 9.17) is 4.74 Å². The minimum Gasteiger partial charge on any atom is -0.486 e. The lowest BCUT2D eigenvalue weighted by Crippen LogP contribution is -2.12. The number of rotatable bonds is 5. The molecule has 1 fully saturated rings. The molecule has 0 radical (unpaired) electrons. The highest BCUT2D eigenvalue weighted by Crippen LogP contribution is 2.44. The van der Waals surface area contributed by atoms with E-state index in [-0.39, 0.29) is 5.82 Å². The average molecular weight is 412 g/mol. The summed E-state index contributed by atoms with van der Waals surface area (Å²) in [4.78, 5) is 4.11. The number of halogens is 2. The van der Waals surface area contributed by atoms with Crippen LogP contribution in [-0.2, 0) is 6.61 Å². The maximum Gasteiger partial charge on any atom is 0.173 e. The molecule has 1 saturated carbocycles. The monoisotopic (exact) mass is 411 g/mol. The van der Waals surface area contributed by atoms with Gasteiger partial charge in [0.05, 0.1) is 0 Å². The molecule has 0 aliphatic heterocycles. The number of pyridine rings is 1. The Morgan fingerprint density at radius 1 is 1.08 bits per heavy atom. The van der Waals surface area contributed by atoms with Gasteiger partial charge in [-0.2, -0.15) is 0 Å². The van der Waals surface area contributed by atoms with Crippen molar-refractivity contribution in [2.45, 2.75) is 31.8 Å². The predicted octanol–water partition coefficient (Wildman–Crippen LogP) is 6.50. The molecule has 4 rings (SSSR count). The largest absolute Gasteiger partial charge is 0.486 e. The van der Waals surface area contributed by atoms with E-state index in [0.29, 0.717) is 23.8 Å². The highest BCUT2D eigenvalue weighted by Gasteiger charge is 2.26. The lowest BCUT2D eigenvalue weighted by atomic mass is 9.79. The van der Waals surface area contributed by atoms with Crippen molar-refractivity contribution < 1.29 is 9.13 Å². The molecule has 0 amide bonds. The Morgan fingerprint density at radius 3 is 2.54 bits per heavy atom. The molecule has 3 aromatic rings. The second-order valence-corrected chi connectivity index (χ2v) is 7.55. The Hall–Kier alpha value is -2.20. The van der Waals surface area contributed by atoms with Crippen LogP contribution in [0.4, 0.5) is 4.39 Å². The molecular weight excluding hydrogens is 393 g/mol. The van der Waals surface area contributed by atoms with E-state index in [1.54, 1.807) is 12.4 Å². The van der Waals surface area contributed by atoms with Gasteiger partial charge in [-0.05, 0) is 42.5 Å². The second-order valence-electron chi connectivity index (χ2n) is 6.63. The van der Waals surface area contributed by atoms with Crippen molar-refractivity contribution in [3.63, 3.8) is 0 Å². The Morgan fingerprint density at radius 2 is 1.88 bits per heavy atom. The second kappa shape index (κ2) is 7.58. The van der Waals surface area contributed by atoms with Crippen molar-refractivity contribution in [2.24, 2.45) is 0 Å². The fourth-order valence-corrected chi connectivity index (χ4v) is 3.50. The molecule has 2 aromatic carbocycles. The minimum absolute atomic E-state index is 0.292. The summed E-state index contributed by atoms with van der Waals surface area (Å²) >= 11 is 3.43. The molecule has 26 heavy (non-hydrogen) atoms. The van der Waals surface area contributed by atoms with Gasteiger partial charge in [0.25, 0.3) is 0 Å². The van der Waals surface area contributed by atoms with Crippen LogP contribution in [0.2, 0.25) is 0 Å². The first-order valence-corrected chi connectivity index (χ1v) is 9.61. The highest BCUT2D eigenvalue weighted by atomic mass is 79.9. The summed E-state index contributed by atoms with van der Waals surface area (Å²) in [5.74, 6) is 0.492. The lowest BCUT2D eigenvalue weighted by molar-refractivity contribution is 0.279. The first-order valence-electron chi connectivity index (χ1n) is 8.82. The number of aromatic nitrogens is 1. The third-order valence-electron chi connectivity index (χ3n) is 4.94. The molecule has 0 unspecified atom stereocenters. The van der Waals surface area contributed by atoms with Gasteiger partial charge in [-0.3, -0.25) is 4.98 Å². The molecule has 0 saturated heterocycles. The lowest BCUT2D eigenvalue weighted by Gasteiger charge is -2.28. The zero-order valence-corrected chi connectivity index (χ0v) is 15.9. The summed E-state index contributed by atoms with van der Waals surface area (Å²) in [5.41, 5.74) is 3.29. The normalized spacial score (nSPS) is 14.1. The minimum atomic E-state index is -0.292. The number of hydrogen-bond acceptors (Lipinski definition) is 2. The quantitative estimate of drug-likeness (QED) is 0.478. The smallest absolute Gasteiger partial charge is 0.173 e. The molecule has 1 heterocycles. The molecule has 0 bridgehead atoms. The van der Waals surface area contributed by atoms with E-state index in [0.717, 1.165) is 34.0 Å². The standard InChI is InChI=1S/C22H19BrFNO/c23-18-8-6-15(7-9-18)14-26-22-20(16-3-1-4-16)11-10-19(21(22)24)17-5-2-12-25-13-17/h2,5-13,16H,1,3-4,14H2. The van der Waals surface area contributed by atoms with Gasteiger partial charge in [-0.1, -0.05) is 52.7 Å². The van der Waals surface area contributed by atoms with Gasteiger partial charge in [-0.15, -0.1) is 0 Å². The van der Waals surface area contributed by atoms with Crippen LogP contribution in [0.1, 0.15) is 36.3 Å². The first-order chi connectivity index (χ1) is 12.7. The molecule has 0 N–H and O–H groups in total. The number of hydrogen-bond donors (Lipinski definition) is 0. The molecule has 1 aromatic heterocycles. The Kier molecular flexibility index (Phi) is 5.02. The van der Waals surface area contributed by atoms with Crippen LogP contribution in [0.3, 0.4) is 0 Å². The van der Waals surface area contributed by atoms with Gasteiger partial charge >= 0.3 is 0 Å². The summed E-state index contributed by atoms with van der Waals surface area (Å²) in [6.45, 7) is 0.348. The van der Waals surface area contributed by atoms with Crippen molar-refractivity contribution >= 4 is 15.9 Å². The Bertz CT molecular complexity index is 892. The predicted molar refractivity (Wildman–Crippen MR) is 105 cm³/mol. The van der Waals surface area contributed by atoms with Crippen LogP contribution in [0.25, 0.3) is 11.1 Å². The van der Waals surface area contributed by atoms with Crippen LogP contribution < -0.4 is 4.74 Å². The fraction of sp³-hybridized carbons (Fsp3) is 0.227. The van der Waals surface area contributed by atoms with E-state index < -0.39 is 0 Å². The molecule has 0 spiro atoms. The van der Waals surface area contributed by atoms with E-state index in [9.17, 15) is 0 Å². The van der Waals surface area contributed by atoms with Crippen LogP contribution in [0, 0.1) is 5.82 Å². The number of nitrogens with zero attached hydrogens (tertiary/aromatic N) is 1. The molecule has 1 aliphatic rings. The van der Waals surface area contributed by atoms with Crippen molar-refractivity contribution in [3.8, 4) is 16.9 Å². The first kappa shape index (κ1) is 17.2. The fourth-order valence-electron chi connectivity index (χ4n) is 3.24. The number of benzene rings is 2. The highest BCUT2D eigenvalue weighted by molar-refractivity contribution is 9.10. The van der Waals surface area contributed by atoms with Gasteiger partial charge in [-0.25, -0.2) is 4.39 Å². The molecular formula is C22H19BrFNO. The van der Waals surface area contributed by atoms with Crippen molar-refractivity contribution in [1.29, 1.82) is 0 Å². The van der Waals surface area contributed by atoms with Gasteiger partial charge in [0.15, 0.2) is 11.6 Å². The van der Waals surface area contributed by atoms with Gasteiger partial charge < -0.3 is 4.74 Å². The Balaban J connectivity index is 1.68. The van der Waals surface area contributed by atoms with E-state index >= 15 is 4.39 Å². The third kappa shape index (κ3) is 3.51. The summed E-state index contributed by atoms with van der Waals surface area (Å²) in [6.07, 6.45) is 6.76. The van der Waals surface area contributed by atoms with E-state index in [2.05, 4.69) is 20.9 Å². The third-order valence-corrected chi connectivity index (χ3v) is 5.47. The average Bonchev–Trinajstić information content (AvgIpc) is 2.62. The summed E-state index contributed by atoms with van der Waals surface area (Å²) in [6, 6.07) is 15.5. The molecule has 0 atom stereocenters. The van der Waals surface area contributed by atoms with Crippen molar-refractivity contribution in [1.82, 2.24) is 4.98 Å². The Labute approximate surface area is 161 Å². The van der Waals surface area contributed by atoms with E-state index in [1.807, 2.05) is 48.5 Å². The summed E-state index contributed by atoms with van der Waals surface area (Å²) in [5, 5.41) is 0. The molecule has 2 nitrogen and oxygen atoms in total. The van der Waals surface area contributed by atoms with E-state index in [1.165, 1.54) is 6.42 Å². The van der Waals surface area contributed by atoms with Crippen LogP contribution in [-0.4, -0.2) is 4.98 Å². The maximum absolute atomic E-state index is 15.3. The zero-order valence-electron chi connectivity index (χ0n) is 14.3. The van der Waals surface area contributed by atoms with Crippen molar-refractivity contribution in [3.05, 3.63) is 82.3 Å². The van der Waals surface area contributed by atoms with Gasteiger partial charge in [0.2, 0.25) is 0 Å². The van der Waals surface area contributed by atoms with Crippen molar-refractivity contribution in [2.75, 3.05) is 0 Å². The zero-order chi connectivity index (χ0) is 17.9. The summed E-state index contributed by atoms with van der Waals surface area (Å²) < 4.78 is 22.4. The topological polar surface area (TPSA) is 22.1 Å². The molecule has 132 valence electrons.